The van der Waals surface area contributed by atoms with Gasteiger partial charge < -0.3 is 5.32 Å². The lowest BCUT2D eigenvalue weighted by Gasteiger charge is -2.11. The molecule has 3 aromatic rings. The van der Waals surface area contributed by atoms with Crippen molar-refractivity contribution in [1.82, 2.24) is 0 Å². The first-order valence-corrected chi connectivity index (χ1v) is 8.78. The highest BCUT2D eigenvalue weighted by Gasteiger charge is 2.03. The quantitative estimate of drug-likeness (QED) is 0.555. The zero-order valence-corrected chi connectivity index (χ0v) is 14.2. The van der Waals surface area contributed by atoms with Crippen molar-refractivity contribution in [2.45, 2.75) is 12.8 Å². The smallest absolute Gasteiger partial charge is 0.0390 e. The fraction of sp³-hybridized carbons (Fsp3) is 0.0833. The summed E-state index contributed by atoms with van der Waals surface area (Å²) in [5.41, 5.74) is 7.26. The van der Waals surface area contributed by atoms with E-state index in [1.54, 1.807) is 0 Å². The van der Waals surface area contributed by atoms with E-state index < -0.39 is 0 Å². The lowest BCUT2D eigenvalue weighted by molar-refractivity contribution is 1.04. The van der Waals surface area contributed by atoms with Crippen LogP contribution in [-0.2, 0) is 0 Å². The second-order valence-corrected chi connectivity index (χ2v) is 6.29. The topological polar surface area (TPSA) is 12.0 Å². The summed E-state index contributed by atoms with van der Waals surface area (Å²) in [6, 6.07) is 27.7. The van der Waals surface area contributed by atoms with Crippen LogP contribution < -0.4 is 5.32 Å². The fourth-order valence-electron chi connectivity index (χ4n) is 3.15. The summed E-state index contributed by atoms with van der Waals surface area (Å²) >= 11 is 0. The van der Waals surface area contributed by atoms with Crippen molar-refractivity contribution in [3.8, 4) is 11.1 Å². The zero-order chi connectivity index (χ0) is 16.9. The van der Waals surface area contributed by atoms with Gasteiger partial charge in [-0.2, -0.15) is 0 Å². The third-order valence-electron chi connectivity index (χ3n) is 4.47. The molecule has 0 unspecified atom stereocenters. The molecule has 122 valence electrons. The molecule has 0 radical (unpaired) electrons. The second-order valence-electron chi connectivity index (χ2n) is 6.29. The van der Waals surface area contributed by atoms with E-state index in [1.165, 1.54) is 22.3 Å². The minimum absolute atomic E-state index is 1.10. The highest BCUT2D eigenvalue weighted by molar-refractivity contribution is 5.76. The molecule has 0 aromatic heterocycles. The average Bonchev–Trinajstić information content (AvgIpc) is 2.70. The number of benzene rings is 3. The number of rotatable bonds is 4. The molecule has 0 atom stereocenters. The maximum Gasteiger partial charge on any atom is 0.0390 e. The first-order valence-electron chi connectivity index (χ1n) is 8.78. The lowest BCUT2D eigenvalue weighted by Crippen LogP contribution is -1.92. The predicted octanol–water partition coefficient (Wildman–Crippen LogP) is 6.83. The van der Waals surface area contributed by atoms with Crippen LogP contribution in [0.4, 0.5) is 11.4 Å². The van der Waals surface area contributed by atoms with E-state index >= 15 is 0 Å². The largest absolute Gasteiger partial charge is 0.356 e. The fourth-order valence-corrected chi connectivity index (χ4v) is 3.15. The maximum atomic E-state index is 3.51. The van der Waals surface area contributed by atoms with E-state index in [-0.39, 0.29) is 0 Å². The molecule has 1 nitrogen and oxygen atoms in total. The molecule has 25 heavy (non-hydrogen) atoms. The number of nitrogens with one attached hydrogen (secondary N) is 1. The van der Waals surface area contributed by atoms with Gasteiger partial charge in [-0.05, 0) is 59.4 Å². The Balaban J connectivity index is 1.52. The van der Waals surface area contributed by atoms with Gasteiger partial charge in [0.25, 0.3) is 0 Å². The summed E-state index contributed by atoms with van der Waals surface area (Å²) in [5.74, 6) is 0. The van der Waals surface area contributed by atoms with Crippen LogP contribution in [0.5, 0.6) is 0 Å². The number of hydrogen-bond donors (Lipinski definition) is 1. The van der Waals surface area contributed by atoms with E-state index in [2.05, 4.69) is 96.3 Å². The molecular formula is C24H21N. The molecule has 0 bridgehead atoms. The zero-order valence-electron chi connectivity index (χ0n) is 14.2. The van der Waals surface area contributed by atoms with Gasteiger partial charge in [0.1, 0.15) is 0 Å². The minimum atomic E-state index is 1.10. The van der Waals surface area contributed by atoms with Crippen molar-refractivity contribution in [2.75, 3.05) is 5.32 Å². The molecule has 0 heterocycles. The van der Waals surface area contributed by atoms with Gasteiger partial charge >= 0.3 is 0 Å². The Morgan fingerprint density at radius 3 is 2.16 bits per heavy atom. The molecule has 0 saturated carbocycles. The van der Waals surface area contributed by atoms with Crippen LogP contribution in [0.2, 0.25) is 0 Å². The summed E-state index contributed by atoms with van der Waals surface area (Å²) in [6.07, 6.45) is 9.07. The van der Waals surface area contributed by atoms with Crippen molar-refractivity contribution in [3.63, 3.8) is 0 Å². The van der Waals surface area contributed by atoms with Gasteiger partial charge in [-0.1, -0.05) is 72.8 Å². The summed E-state index contributed by atoms with van der Waals surface area (Å²) < 4.78 is 0. The number of anilines is 2. The molecule has 1 N–H and O–H groups in total. The van der Waals surface area contributed by atoms with Gasteiger partial charge in [0.2, 0.25) is 0 Å². The summed E-state index contributed by atoms with van der Waals surface area (Å²) in [7, 11) is 0. The minimum Gasteiger partial charge on any atom is -0.356 e. The van der Waals surface area contributed by atoms with E-state index in [0.717, 1.165) is 24.2 Å². The summed E-state index contributed by atoms with van der Waals surface area (Å²) in [6.45, 7) is 0. The van der Waals surface area contributed by atoms with Crippen LogP contribution in [0.3, 0.4) is 0 Å². The van der Waals surface area contributed by atoms with Crippen molar-refractivity contribution in [1.29, 1.82) is 0 Å². The Morgan fingerprint density at radius 1 is 0.600 bits per heavy atom. The molecule has 0 fully saturated rings. The van der Waals surface area contributed by atoms with Gasteiger partial charge in [0, 0.05) is 11.4 Å². The Hall–Kier alpha value is -3.06. The van der Waals surface area contributed by atoms with Crippen LogP contribution >= 0.6 is 0 Å². The van der Waals surface area contributed by atoms with Crippen molar-refractivity contribution < 1.29 is 0 Å². The normalized spacial score (nSPS) is 13.4. The molecule has 1 aliphatic carbocycles. The third-order valence-corrected chi connectivity index (χ3v) is 4.47. The Labute approximate surface area is 149 Å². The molecule has 1 heteroatoms. The number of allylic oxidation sites excluding steroid dienone is 4. The van der Waals surface area contributed by atoms with Gasteiger partial charge in [-0.15, -0.1) is 0 Å². The van der Waals surface area contributed by atoms with E-state index in [0.29, 0.717) is 0 Å². The summed E-state index contributed by atoms with van der Waals surface area (Å²) in [5, 5.41) is 3.51. The van der Waals surface area contributed by atoms with E-state index in [1.807, 2.05) is 6.07 Å². The molecule has 1 aliphatic rings. The van der Waals surface area contributed by atoms with Crippen LogP contribution in [-0.4, -0.2) is 0 Å². The summed E-state index contributed by atoms with van der Waals surface area (Å²) in [4.78, 5) is 0. The average molecular weight is 323 g/mol. The van der Waals surface area contributed by atoms with Gasteiger partial charge in [-0.25, -0.2) is 0 Å². The first-order chi connectivity index (χ1) is 12.4. The Morgan fingerprint density at radius 2 is 1.40 bits per heavy atom. The maximum absolute atomic E-state index is 3.51. The molecule has 0 aliphatic heterocycles. The molecule has 0 spiro atoms. The van der Waals surface area contributed by atoms with Crippen molar-refractivity contribution >= 4 is 16.9 Å². The van der Waals surface area contributed by atoms with Crippen LogP contribution in [0.1, 0.15) is 18.4 Å². The first kappa shape index (κ1) is 15.5. The molecule has 4 rings (SSSR count). The van der Waals surface area contributed by atoms with E-state index in [9.17, 15) is 0 Å². The standard InChI is InChI=1S/C24H21N/c1-3-8-19(9-4-1)21-14-16-23(17-15-21)25-24-13-7-12-22(18-24)20-10-5-2-6-11-20/h2-3,5-18,25H,1,4H2. The SMILES string of the molecule is C1=CC(c2ccc(Nc3cccc(-c4ccccc4)c3)cc2)=CCC1. The van der Waals surface area contributed by atoms with Crippen molar-refractivity contribution in [3.05, 3.63) is 103 Å². The Kier molecular flexibility index (Phi) is 4.47. The van der Waals surface area contributed by atoms with Crippen LogP contribution in [0, 0.1) is 0 Å². The van der Waals surface area contributed by atoms with Crippen molar-refractivity contribution in [2.24, 2.45) is 0 Å². The lowest BCUT2D eigenvalue weighted by atomic mass is 9.99. The Bertz CT molecular complexity index is 902. The molecular weight excluding hydrogens is 302 g/mol. The van der Waals surface area contributed by atoms with Crippen LogP contribution in [0.25, 0.3) is 16.7 Å². The van der Waals surface area contributed by atoms with Gasteiger partial charge in [0.05, 0.1) is 0 Å². The molecule has 3 aromatic carbocycles. The monoisotopic (exact) mass is 323 g/mol. The highest BCUT2D eigenvalue weighted by Crippen LogP contribution is 2.26. The number of hydrogen-bond acceptors (Lipinski definition) is 1. The predicted molar refractivity (Wildman–Crippen MR) is 108 cm³/mol. The van der Waals surface area contributed by atoms with E-state index in [4.69, 9.17) is 0 Å². The van der Waals surface area contributed by atoms with Gasteiger partial charge in [-0.3, -0.25) is 0 Å². The highest BCUT2D eigenvalue weighted by atomic mass is 14.9. The van der Waals surface area contributed by atoms with Crippen LogP contribution in [0.15, 0.2) is 97.1 Å². The molecule has 0 saturated heterocycles. The molecule has 0 amide bonds. The van der Waals surface area contributed by atoms with Gasteiger partial charge in [0.15, 0.2) is 0 Å². The third kappa shape index (κ3) is 3.72. The second kappa shape index (κ2) is 7.23.